The molecule has 0 saturated heterocycles. The molecule has 19 heavy (non-hydrogen) atoms. The second kappa shape index (κ2) is 5.89. The molecule has 4 heteroatoms. The Balaban J connectivity index is 2.16. The molecule has 0 bridgehead atoms. The Hall–Kier alpha value is -1.81. The van der Waals surface area contributed by atoms with Gasteiger partial charge >= 0.3 is 0 Å². The average molecular weight is 320 g/mol. The lowest BCUT2D eigenvalue weighted by molar-refractivity contribution is 0.473. The minimum Gasteiger partial charge on any atom is -0.508 e. The molecule has 0 fully saturated rings. The zero-order valence-electron chi connectivity index (χ0n) is 10.5. The largest absolute Gasteiger partial charge is 0.508 e. The Morgan fingerprint density at radius 1 is 1.11 bits per heavy atom. The fraction of sp³-hybridized carbons (Fsp3) is 0.133. The molecule has 0 aliphatic heterocycles. The van der Waals surface area contributed by atoms with Gasteiger partial charge in [0.25, 0.3) is 0 Å². The number of halogens is 1. The van der Waals surface area contributed by atoms with E-state index >= 15 is 0 Å². The molecule has 2 aromatic carbocycles. The summed E-state index contributed by atoms with van der Waals surface area (Å²) in [5, 5.41) is 19.1. The summed E-state index contributed by atoms with van der Waals surface area (Å²) in [5.74, 6) is 0.455. The van der Waals surface area contributed by atoms with E-state index in [-0.39, 0.29) is 11.5 Å². The van der Waals surface area contributed by atoms with E-state index in [4.69, 9.17) is 0 Å². The summed E-state index contributed by atoms with van der Waals surface area (Å²) in [6.07, 6.45) is 0. The molecule has 2 aromatic rings. The number of hydrogen-bond donors (Lipinski definition) is 2. The highest BCUT2D eigenvalue weighted by atomic mass is 79.9. The van der Waals surface area contributed by atoms with Crippen LogP contribution in [0, 0.1) is 0 Å². The molecule has 0 unspecified atom stereocenters. The minimum absolute atomic E-state index is 0.210. The second-order valence-corrected chi connectivity index (χ2v) is 5.15. The Morgan fingerprint density at radius 2 is 1.79 bits per heavy atom. The zero-order valence-corrected chi connectivity index (χ0v) is 12.1. The Kier molecular flexibility index (Phi) is 4.22. The second-order valence-electron chi connectivity index (χ2n) is 4.23. The quantitative estimate of drug-likeness (QED) is 0.844. The van der Waals surface area contributed by atoms with Crippen molar-refractivity contribution in [3.05, 3.63) is 58.1 Å². The topological polar surface area (TPSA) is 52.8 Å². The van der Waals surface area contributed by atoms with Crippen molar-refractivity contribution >= 4 is 21.6 Å². The Morgan fingerprint density at radius 3 is 2.42 bits per heavy atom. The third kappa shape index (κ3) is 3.58. The highest BCUT2D eigenvalue weighted by molar-refractivity contribution is 9.10. The number of aliphatic imine (C=N–C) groups is 1. The normalized spacial score (nSPS) is 11.6. The van der Waals surface area contributed by atoms with Crippen LogP contribution in [0.25, 0.3) is 0 Å². The summed E-state index contributed by atoms with van der Waals surface area (Å²) in [4.78, 5) is 4.44. The lowest BCUT2D eigenvalue weighted by Crippen LogP contribution is -1.96. The van der Waals surface area contributed by atoms with Crippen molar-refractivity contribution in [3.8, 4) is 11.5 Å². The molecular weight excluding hydrogens is 306 g/mol. The van der Waals surface area contributed by atoms with Crippen LogP contribution in [0.5, 0.6) is 11.5 Å². The van der Waals surface area contributed by atoms with Gasteiger partial charge in [0, 0.05) is 15.7 Å². The number of phenols is 2. The molecule has 0 heterocycles. The predicted molar refractivity (Wildman–Crippen MR) is 79.8 cm³/mol. The fourth-order valence-electron chi connectivity index (χ4n) is 1.71. The Labute approximate surface area is 120 Å². The van der Waals surface area contributed by atoms with Gasteiger partial charge in [0.1, 0.15) is 11.5 Å². The summed E-state index contributed by atoms with van der Waals surface area (Å²) in [6, 6.07) is 12.3. The fourth-order valence-corrected chi connectivity index (χ4v) is 2.06. The monoisotopic (exact) mass is 319 g/mol. The number of nitrogens with zero attached hydrogens (tertiary/aromatic N) is 1. The third-order valence-corrected chi connectivity index (χ3v) is 3.28. The summed E-state index contributed by atoms with van der Waals surface area (Å²) < 4.78 is 0.833. The maximum Gasteiger partial charge on any atom is 0.125 e. The zero-order chi connectivity index (χ0) is 13.8. The lowest BCUT2D eigenvalue weighted by atomic mass is 10.1. The standard InChI is InChI=1S/C15H14BrNO2/c1-10(14-7-4-12(16)8-15(14)19)17-9-11-2-5-13(18)6-3-11/h2-8,18-19H,9H2,1H3. The molecule has 0 radical (unpaired) electrons. The van der Waals surface area contributed by atoms with E-state index in [0.717, 1.165) is 21.3 Å². The van der Waals surface area contributed by atoms with Crippen molar-refractivity contribution in [2.24, 2.45) is 4.99 Å². The van der Waals surface area contributed by atoms with E-state index < -0.39 is 0 Å². The van der Waals surface area contributed by atoms with Gasteiger partial charge in [0.15, 0.2) is 0 Å². The van der Waals surface area contributed by atoms with Crippen LogP contribution < -0.4 is 0 Å². The van der Waals surface area contributed by atoms with E-state index in [2.05, 4.69) is 20.9 Å². The van der Waals surface area contributed by atoms with Gasteiger partial charge in [-0.1, -0.05) is 28.1 Å². The third-order valence-electron chi connectivity index (χ3n) is 2.78. The summed E-state index contributed by atoms with van der Waals surface area (Å²) in [7, 11) is 0. The van der Waals surface area contributed by atoms with Gasteiger partial charge in [-0.3, -0.25) is 4.99 Å². The molecule has 0 aliphatic rings. The first-order chi connectivity index (χ1) is 9.06. The minimum atomic E-state index is 0.210. The summed E-state index contributed by atoms with van der Waals surface area (Å²) >= 11 is 3.30. The van der Waals surface area contributed by atoms with Crippen LogP contribution in [-0.4, -0.2) is 15.9 Å². The van der Waals surface area contributed by atoms with Crippen molar-refractivity contribution in [1.29, 1.82) is 0 Å². The van der Waals surface area contributed by atoms with Gasteiger partial charge in [0.05, 0.1) is 6.54 Å². The van der Waals surface area contributed by atoms with Crippen LogP contribution >= 0.6 is 15.9 Å². The maximum atomic E-state index is 9.85. The van der Waals surface area contributed by atoms with Crippen molar-refractivity contribution in [3.63, 3.8) is 0 Å². The highest BCUT2D eigenvalue weighted by Crippen LogP contribution is 2.23. The van der Waals surface area contributed by atoms with Crippen LogP contribution in [0.4, 0.5) is 0 Å². The molecule has 2 rings (SSSR count). The molecule has 0 aromatic heterocycles. The van der Waals surface area contributed by atoms with Crippen molar-refractivity contribution < 1.29 is 10.2 Å². The van der Waals surface area contributed by atoms with Gasteiger partial charge in [-0.15, -0.1) is 0 Å². The summed E-state index contributed by atoms with van der Waals surface area (Å²) in [5.41, 5.74) is 2.51. The molecule has 3 nitrogen and oxygen atoms in total. The first kappa shape index (κ1) is 13.6. The molecule has 2 N–H and O–H groups in total. The maximum absolute atomic E-state index is 9.85. The average Bonchev–Trinajstić information content (AvgIpc) is 2.37. The summed E-state index contributed by atoms with van der Waals surface area (Å²) in [6.45, 7) is 2.38. The van der Waals surface area contributed by atoms with Crippen LogP contribution in [0.2, 0.25) is 0 Å². The first-order valence-corrected chi connectivity index (χ1v) is 6.63. The van der Waals surface area contributed by atoms with Crippen molar-refractivity contribution in [2.75, 3.05) is 0 Å². The SMILES string of the molecule is CC(=NCc1ccc(O)cc1)c1ccc(Br)cc1O. The number of benzene rings is 2. The van der Waals surface area contributed by atoms with Gasteiger partial charge in [-0.05, 0) is 42.8 Å². The van der Waals surface area contributed by atoms with Gasteiger partial charge in [-0.2, -0.15) is 0 Å². The lowest BCUT2D eigenvalue weighted by Gasteiger charge is -2.05. The molecule has 0 spiro atoms. The molecule has 98 valence electrons. The van der Waals surface area contributed by atoms with E-state index in [9.17, 15) is 10.2 Å². The number of hydrogen-bond acceptors (Lipinski definition) is 3. The number of rotatable bonds is 3. The van der Waals surface area contributed by atoms with Crippen molar-refractivity contribution in [1.82, 2.24) is 0 Å². The van der Waals surface area contributed by atoms with E-state index in [0.29, 0.717) is 6.54 Å². The van der Waals surface area contributed by atoms with Crippen molar-refractivity contribution in [2.45, 2.75) is 13.5 Å². The van der Waals surface area contributed by atoms with Crippen LogP contribution in [0.15, 0.2) is 51.9 Å². The molecule has 0 amide bonds. The number of aromatic hydroxyl groups is 2. The van der Waals surface area contributed by atoms with Gasteiger partial charge in [-0.25, -0.2) is 0 Å². The first-order valence-electron chi connectivity index (χ1n) is 5.84. The van der Waals surface area contributed by atoms with Gasteiger partial charge in [0.2, 0.25) is 0 Å². The molecule has 0 atom stereocenters. The molecular formula is C15H14BrNO2. The smallest absolute Gasteiger partial charge is 0.125 e. The molecule has 0 aliphatic carbocycles. The van der Waals surface area contributed by atoms with Crippen LogP contribution in [-0.2, 0) is 6.54 Å². The van der Waals surface area contributed by atoms with Crippen LogP contribution in [0.3, 0.4) is 0 Å². The molecule has 0 saturated carbocycles. The van der Waals surface area contributed by atoms with E-state index in [1.54, 1.807) is 18.2 Å². The number of phenolic OH excluding ortho intramolecular Hbond substituents is 2. The van der Waals surface area contributed by atoms with Gasteiger partial charge < -0.3 is 10.2 Å². The highest BCUT2D eigenvalue weighted by Gasteiger charge is 2.04. The van der Waals surface area contributed by atoms with E-state index in [1.807, 2.05) is 31.2 Å². The Bertz CT molecular complexity index is 606. The van der Waals surface area contributed by atoms with E-state index in [1.165, 1.54) is 0 Å². The predicted octanol–water partition coefficient (Wildman–Crippen LogP) is 3.87. The van der Waals surface area contributed by atoms with Crippen LogP contribution in [0.1, 0.15) is 18.1 Å².